The highest BCUT2D eigenvalue weighted by Gasteiger charge is 2.32. The molecule has 1 aliphatic heterocycles. The van der Waals surface area contributed by atoms with Crippen LogP contribution in [0, 0.1) is 0 Å². The number of fused-ring (bicyclic) bond motifs is 1. The third-order valence-electron chi connectivity index (χ3n) is 4.31. The van der Waals surface area contributed by atoms with Crippen molar-refractivity contribution < 1.29 is 23.8 Å². The van der Waals surface area contributed by atoms with Crippen molar-refractivity contribution in [1.82, 2.24) is 4.90 Å². The van der Waals surface area contributed by atoms with Crippen LogP contribution < -0.4 is 4.74 Å². The van der Waals surface area contributed by atoms with Gasteiger partial charge in [-0.1, -0.05) is 0 Å². The minimum Gasteiger partial charge on any atom is -0.497 e. The van der Waals surface area contributed by atoms with E-state index in [4.69, 9.17) is 9.15 Å². The summed E-state index contributed by atoms with van der Waals surface area (Å²) in [6.07, 6.45) is 3.91. The molecule has 122 valence electrons. The van der Waals surface area contributed by atoms with E-state index < -0.39 is 12.0 Å². The Kier molecular flexibility index (Phi) is 4.23. The first-order chi connectivity index (χ1) is 11.1. The molecule has 0 aliphatic carbocycles. The highest BCUT2D eigenvalue weighted by Crippen LogP contribution is 2.27. The summed E-state index contributed by atoms with van der Waals surface area (Å²) in [4.78, 5) is 25.4. The topological polar surface area (TPSA) is 80.0 Å². The molecule has 1 aliphatic rings. The van der Waals surface area contributed by atoms with Crippen molar-refractivity contribution in [1.29, 1.82) is 0 Å². The van der Waals surface area contributed by atoms with Gasteiger partial charge >= 0.3 is 5.97 Å². The zero-order chi connectivity index (χ0) is 16.4. The fourth-order valence-electron chi connectivity index (χ4n) is 3.08. The molecule has 0 radical (unpaired) electrons. The molecule has 0 saturated carbocycles. The van der Waals surface area contributed by atoms with Crippen LogP contribution in [0.5, 0.6) is 5.75 Å². The quantitative estimate of drug-likeness (QED) is 0.937. The molecule has 1 aromatic heterocycles. The average molecular weight is 317 g/mol. The number of rotatable bonds is 4. The molecule has 1 atom stereocenters. The summed E-state index contributed by atoms with van der Waals surface area (Å²) in [5, 5.41) is 10.1. The van der Waals surface area contributed by atoms with Gasteiger partial charge in [0.1, 0.15) is 17.4 Å². The van der Waals surface area contributed by atoms with Crippen molar-refractivity contribution in [3.63, 3.8) is 0 Å². The van der Waals surface area contributed by atoms with E-state index >= 15 is 0 Å². The molecule has 1 fully saturated rings. The molecule has 1 unspecified atom stereocenters. The van der Waals surface area contributed by atoms with Gasteiger partial charge in [-0.3, -0.25) is 4.79 Å². The van der Waals surface area contributed by atoms with E-state index in [2.05, 4.69) is 0 Å². The molecule has 2 aromatic rings. The lowest BCUT2D eigenvalue weighted by molar-refractivity contribution is -0.151. The normalized spacial score (nSPS) is 18.1. The molecule has 1 N–H and O–H groups in total. The summed E-state index contributed by atoms with van der Waals surface area (Å²) < 4.78 is 10.6. The molecule has 0 bridgehead atoms. The van der Waals surface area contributed by atoms with Crippen molar-refractivity contribution in [3.8, 4) is 5.75 Å². The minimum absolute atomic E-state index is 0.142. The van der Waals surface area contributed by atoms with Crippen molar-refractivity contribution >= 4 is 22.8 Å². The molecule has 3 rings (SSSR count). The van der Waals surface area contributed by atoms with Crippen molar-refractivity contribution in [2.24, 2.45) is 0 Å². The number of furan rings is 1. The number of aliphatic carboxylic acids is 1. The van der Waals surface area contributed by atoms with E-state index in [0.717, 1.165) is 23.8 Å². The Morgan fingerprint density at radius 3 is 2.96 bits per heavy atom. The maximum atomic E-state index is 12.5. The van der Waals surface area contributed by atoms with Crippen molar-refractivity contribution in [2.75, 3.05) is 13.7 Å². The molecule has 6 nitrogen and oxygen atoms in total. The van der Waals surface area contributed by atoms with E-state index in [9.17, 15) is 14.7 Å². The van der Waals surface area contributed by atoms with Crippen molar-refractivity contribution in [2.45, 2.75) is 31.7 Å². The number of piperidine rings is 1. The summed E-state index contributed by atoms with van der Waals surface area (Å²) in [6.45, 7) is 0.499. The zero-order valence-corrected chi connectivity index (χ0v) is 12.9. The highest BCUT2D eigenvalue weighted by atomic mass is 16.5. The molecule has 23 heavy (non-hydrogen) atoms. The monoisotopic (exact) mass is 317 g/mol. The maximum absolute atomic E-state index is 12.5. The van der Waals surface area contributed by atoms with Gasteiger partial charge in [0.15, 0.2) is 0 Å². The molecule has 1 aromatic carbocycles. The van der Waals surface area contributed by atoms with Gasteiger partial charge < -0.3 is 19.2 Å². The van der Waals surface area contributed by atoms with Crippen LogP contribution in [0.1, 0.15) is 24.8 Å². The van der Waals surface area contributed by atoms with Crippen LogP contribution in [0.15, 0.2) is 28.9 Å². The van der Waals surface area contributed by atoms with Crippen molar-refractivity contribution in [3.05, 3.63) is 30.0 Å². The maximum Gasteiger partial charge on any atom is 0.326 e. The number of carboxylic acids is 1. The third kappa shape index (κ3) is 3.02. The fourth-order valence-corrected chi connectivity index (χ4v) is 3.08. The van der Waals surface area contributed by atoms with Crippen LogP contribution in [-0.4, -0.2) is 41.6 Å². The van der Waals surface area contributed by atoms with Crippen LogP contribution in [0.2, 0.25) is 0 Å². The Morgan fingerprint density at radius 2 is 2.22 bits per heavy atom. The zero-order valence-electron chi connectivity index (χ0n) is 12.9. The van der Waals surface area contributed by atoms with Gasteiger partial charge in [0, 0.05) is 23.6 Å². The van der Waals surface area contributed by atoms with E-state index in [-0.39, 0.29) is 12.3 Å². The minimum atomic E-state index is -0.931. The second-order valence-electron chi connectivity index (χ2n) is 5.74. The number of carbonyl (C=O) groups excluding carboxylic acids is 1. The van der Waals surface area contributed by atoms with Gasteiger partial charge in [-0.2, -0.15) is 0 Å². The van der Waals surface area contributed by atoms with Crippen LogP contribution in [0.4, 0.5) is 0 Å². The Morgan fingerprint density at radius 1 is 1.39 bits per heavy atom. The summed E-state index contributed by atoms with van der Waals surface area (Å²) in [5.74, 6) is -0.415. The van der Waals surface area contributed by atoms with E-state index in [0.29, 0.717) is 24.3 Å². The molecule has 6 heteroatoms. The number of hydrogen-bond donors (Lipinski definition) is 1. The largest absolute Gasteiger partial charge is 0.497 e. The lowest BCUT2D eigenvalue weighted by Gasteiger charge is -2.32. The average Bonchev–Trinajstić information content (AvgIpc) is 2.96. The van der Waals surface area contributed by atoms with Crippen LogP contribution >= 0.6 is 0 Å². The lowest BCUT2D eigenvalue weighted by Crippen LogP contribution is -2.48. The molecule has 0 spiro atoms. The predicted octanol–water partition coefficient (Wildman–Crippen LogP) is 2.45. The van der Waals surface area contributed by atoms with Gasteiger partial charge in [0.05, 0.1) is 19.8 Å². The molecule has 2 heterocycles. The van der Waals surface area contributed by atoms with Crippen LogP contribution in [0.3, 0.4) is 0 Å². The molecule has 1 saturated heterocycles. The van der Waals surface area contributed by atoms with E-state index in [1.165, 1.54) is 4.90 Å². The van der Waals surface area contributed by atoms with Crippen LogP contribution in [-0.2, 0) is 16.0 Å². The van der Waals surface area contributed by atoms with Gasteiger partial charge in [0.2, 0.25) is 5.91 Å². The number of benzene rings is 1. The van der Waals surface area contributed by atoms with E-state index in [1.807, 2.05) is 12.1 Å². The number of methoxy groups -OCH3 is 1. The molecule has 1 amide bonds. The number of carboxylic acid groups (broad SMARTS) is 1. The second-order valence-corrected chi connectivity index (χ2v) is 5.74. The smallest absolute Gasteiger partial charge is 0.326 e. The lowest BCUT2D eigenvalue weighted by atomic mass is 10.0. The predicted molar refractivity (Wildman–Crippen MR) is 83.5 cm³/mol. The first-order valence-corrected chi connectivity index (χ1v) is 7.66. The summed E-state index contributed by atoms with van der Waals surface area (Å²) in [5.41, 5.74) is 1.42. The number of likely N-dealkylation sites (tertiary alicyclic amines) is 1. The summed E-state index contributed by atoms with van der Waals surface area (Å²) in [7, 11) is 1.58. The standard InChI is InChI=1S/C17H19NO5/c1-22-12-5-6-13-11(10-23-15(13)9-12)8-16(19)18-7-3-2-4-14(18)17(20)21/h5-6,9-10,14H,2-4,7-8H2,1H3,(H,20,21). The van der Waals surface area contributed by atoms with Gasteiger partial charge in [-0.15, -0.1) is 0 Å². The third-order valence-corrected chi connectivity index (χ3v) is 4.31. The number of hydrogen-bond acceptors (Lipinski definition) is 4. The second kappa shape index (κ2) is 6.32. The molecular formula is C17H19NO5. The van der Waals surface area contributed by atoms with E-state index in [1.54, 1.807) is 19.4 Å². The Balaban J connectivity index is 1.81. The molecular weight excluding hydrogens is 298 g/mol. The van der Waals surface area contributed by atoms with Gasteiger partial charge in [-0.25, -0.2) is 4.79 Å². The number of amides is 1. The number of ether oxygens (including phenoxy) is 1. The fraction of sp³-hybridized carbons (Fsp3) is 0.412. The summed E-state index contributed by atoms with van der Waals surface area (Å²) >= 11 is 0. The first kappa shape index (κ1) is 15.4. The highest BCUT2D eigenvalue weighted by molar-refractivity contribution is 5.90. The van der Waals surface area contributed by atoms with Crippen LogP contribution in [0.25, 0.3) is 11.0 Å². The Labute approximate surface area is 133 Å². The Hall–Kier alpha value is -2.50. The first-order valence-electron chi connectivity index (χ1n) is 7.66. The van der Waals surface area contributed by atoms with Gasteiger partial charge in [-0.05, 0) is 31.4 Å². The summed E-state index contributed by atoms with van der Waals surface area (Å²) in [6, 6.07) is 4.72. The Bertz CT molecular complexity index is 736. The number of carbonyl (C=O) groups is 2. The SMILES string of the molecule is COc1ccc2c(CC(=O)N3CCCCC3C(=O)O)coc2c1. The number of nitrogens with zero attached hydrogens (tertiary/aromatic N) is 1. The van der Waals surface area contributed by atoms with Gasteiger partial charge in [0.25, 0.3) is 0 Å².